The van der Waals surface area contributed by atoms with Gasteiger partial charge >= 0.3 is 0 Å². The van der Waals surface area contributed by atoms with Gasteiger partial charge in [0.2, 0.25) is 0 Å². The molecule has 0 N–H and O–H groups in total. The lowest BCUT2D eigenvalue weighted by molar-refractivity contribution is 0.359. The van der Waals surface area contributed by atoms with Crippen LogP contribution in [0.1, 0.15) is 20.8 Å². The maximum absolute atomic E-state index is 5.90. The van der Waals surface area contributed by atoms with Crippen LogP contribution in [0.4, 0.5) is 0 Å². The van der Waals surface area contributed by atoms with Gasteiger partial charge in [-0.05, 0) is 26.8 Å². The quantitative estimate of drug-likeness (QED) is 0.766. The fraction of sp³-hybridized carbons (Fsp3) is 0.400. The van der Waals surface area contributed by atoms with Crippen molar-refractivity contribution in [3.05, 3.63) is 22.8 Å². The first-order valence-corrected chi connectivity index (χ1v) is 5.89. The lowest BCUT2D eigenvalue weighted by Crippen LogP contribution is -2.23. The Bertz CT molecular complexity index is 467. The molecule has 0 aliphatic heterocycles. The average molecular weight is 242 g/mol. The van der Waals surface area contributed by atoms with Crippen molar-refractivity contribution in [1.29, 1.82) is 0 Å². The van der Waals surface area contributed by atoms with Crippen molar-refractivity contribution in [3.8, 4) is 10.7 Å². The van der Waals surface area contributed by atoms with Crippen molar-refractivity contribution >= 4 is 22.9 Å². The van der Waals surface area contributed by atoms with E-state index in [2.05, 4.69) is 30.9 Å². The highest BCUT2D eigenvalue weighted by Crippen LogP contribution is 2.30. The van der Waals surface area contributed by atoms with Crippen LogP contribution in [-0.2, 0) is 5.54 Å². The molecule has 15 heavy (non-hydrogen) atoms. The van der Waals surface area contributed by atoms with E-state index in [-0.39, 0.29) is 5.54 Å². The van der Waals surface area contributed by atoms with Gasteiger partial charge in [-0.1, -0.05) is 11.6 Å². The van der Waals surface area contributed by atoms with Crippen molar-refractivity contribution in [3.63, 3.8) is 0 Å². The lowest BCUT2D eigenvalue weighted by Gasteiger charge is -2.20. The molecule has 0 radical (unpaired) electrons. The van der Waals surface area contributed by atoms with Gasteiger partial charge in [0.1, 0.15) is 6.33 Å². The Kier molecular flexibility index (Phi) is 2.56. The minimum absolute atomic E-state index is 0.0672. The Hall–Kier alpha value is -0.870. The number of rotatable bonds is 1. The first kappa shape index (κ1) is 10.6. The normalized spacial score (nSPS) is 12.0. The molecule has 0 saturated heterocycles. The van der Waals surface area contributed by atoms with Gasteiger partial charge in [-0.2, -0.15) is 5.10 Å². The highest BCUT2D eigenvalue weighted by atomic mass is 35.5. The summed E-state index contributed by atoms with van der Waals surface area (Å²) >= 11 is 7.48. The molecule has 0 amide bonds. The van der Waals surface area contributed by atoms with E-state index in [0.29, 0.717) is 0 Å². The average Bonchev–Trinajstić information content (AvgIpc) is 2.68. The lowest BCUT2D eigenvalue weighted by atomic mass is 10.1. The standard InChI is InChI=1S/C10H12ClN3S/c1-10(2,3)14-9(12-6-13-14)8-4-7(11)5-15-8/h4-6H,1-3H3. The first-order chi connectivity index (χ1) is 6.98. The number of aromatic nitrogens is 3. The molecule has 0 unspecified atom stereocenters. The molecule has 2 heterocycles. The number of thiophene rings is 1. The van der Waals surface area contributed by atoms with Crippen molar-refractivity contribution in [2.75, 3.05) is 0 Å². The molecule has 3 nitrogen and oxygen atoms in total. The van der Waals surface area contributed by atoms with Crippen LogP contribution in [-0.4, -0.2) is 14.8 Å². The molecule has 2 aromatic heterocycles. The summed E-state index contributed by atoms with van der Waals surface area (Å²) < 4.78 is 1.91. The summed E-state index contributed by atoms with van der Waals surface area (Å²) in [6, 6.07) is 1.92. The van der Waals surface area contributed by atoms with Crippen LogP contribution < -0.4 is 0 Å². The van der Waals surface area contributed by atoms with Crippen molar-refractivity contribution < 1.29 is 0 Å². The van der Waals surface area contributed by atoms with Gasteiger partial charge in [0.25, 0.3) is 0 Å². The zero-order valence-corrected chi connectivity index (χ0v) is 10.4. The number of hydrogen-bond acceptors (Lipinski definition) is 3. The Labute approximate surface area is 97.7 Å². The van der Waals surface area contributed by atoms with Gasteiger partial charge in [0, 0.05) is 5.38 Å². The smallest absolute Gasteiger partial charge is 0.168 e. The Morgan fingerprint density at radius 1 is 1.40 bits per heavy atom. The van der Waals surface area contributed by atoms with Crippen molar-refractivity contribution in [1.82, 2.24) is 14.8 Å². The van der Waals surface area contributed by atoms with Crippen LogP contribution in [0.2, 0.25) is 5.02 Å². The minimum atomic E-state index is -0.0672. The highest BCUT2D eigenvalue weighted by molar-refractivity contribution is 7.14. The van der Waals surface area contributed by atoms with Gasteiger partial charge in [-0.15, -0.1) is 11.3 Å². The second-order valence-electron chi connectivity index (χ2n) is 4.30. The van der Waals surface area contributed by atoms with E-state index >= 15 is 0 Å². The summed E-state index contributed by atoms with van der Waals surface area (Å²) in [6.07, 6.45) is 1.58. The molecule has 0 aliphatic carbocycles. The van der Waals surface area contributed by atoms with E-state index < -0.39 is 0 Å². The first-order valence-electron chi connectivity index (χ1n) is 4.63. The van der Waals surface area contributed by atoms with Crippen LogP contribution in [0.3, 0.4) is 0 Å². The van der Waals surface area contributed by atoms with Crippen LogP contribution >= 0.6 is 22.9 Å². The summed E-state index contributed by atoms with van der Waals surface area (Å²) in [5.74, 6) is 0.874. The molecule has 0 atom stereocenters. The van der Waals surface area contributed by atoms with Crippen LogP contribution in [0.5, 0.6) is 0 Å². The fourth-order valence-corrected chi connectivity index (χ4v) is 2.39. The van der Waals surface area contributed by atoms with E-state index in [1.165, 1.54) is 0 Å². The summed E-state index contributed by atoms with van der Waals surface area (Å²) in [5, 5.41) is 6.89. The maximum Gasteiger partial charge on any atom is 0.168 e. The predicted molar refractivity (Wildman–Crippen MR) is 63.3 cm³/mol. The van der Waals surface area contributed by atoms with Crippen molar-refractivity contribution in [2.24, 2.45) is 0 Å². The van der Waals surface area contributed by atoms with Gasteiger partial charge < -0.3 is 0 Å². The second kappa shape index (κ2) is 3.61. The summed E-state index contributed by atoms with van der Waals surface area (Å²) in [6.45, 7) is 6.29. The molecule has 2 rings (SSSR count). The van der Waals surface area contributed by atoms with Gasteiger partial charge in [0.15, 0.2) is 5.82 Å². The largest absolute Gasteiger partial charge is 0.240 e. The van der Waals surface area contributed by atoms with E-state index in [1.54, 1.807) is 17.7 Å². The Morgan fingerprint density at radius 3 is 2.67 bits per heavy atom. The molecule has 0 aliphatic rings. The molecule has 0 fully saturated rings. The van der Waals surface area contributed by atoms with Gasteiger partial charge in [-0.25, -0.2) is 9.67 Å². The zero-order valence-electron chi connectivity index (χ0n) is 8.86. The molecule has 0 spiro atoms. The summed E-state index contributed by atoms with van der Waals surface area (Å²) in [4.78, 5) is 5.32. The summed E-state index contributed by atoms with van der Waals surface area (Å²) in [5.41, 5.74) is -0.0672. The molecular weight excluding hydrogens is 230 g/mol. The van der Waals surface area contributed by atoms with Gasteiger partial charge in [0.05, 0.1) is 15.4 Å². The second-order valence-corrected chi connectivity index (χ2v) is 5.64. The summed E-state index contributed by atoms with van der Waals surface area (Å²) in [7, 11) is 0. The van der Waals surface area contributed by atoms with Crippen LogP contribution in [0, 0.1) is 0 Å². The third-order valence-electron chi connectivity index (χ3n) is 1.97. The van der Waals surface area contributed by atoms with Crippen LogP contribution in [0.15, 0.2) is 17.8 Å². The molecule has 0 saturated carbocycles. The molecular formula is C10H12ClN3S. The maximum atomic E-state index is 5.90. The molecule has 5 heteroatoms. The third-order valence-corrected chi connectivity index (χ3v) is 3.24. The SMILES string of the molecule is CC(C)(C)n1ncnc1-c1cc(Cl)cs1. The van der Waals surface area contributed by atoms with Crippen LogP contribution in [0.25, 0.3) is 10.7 Å². The minimum Gasteiger partial charge on any atom is -0.240 e. The monoisotopic (exact) mass is 241 g/mol. The van der Waals surface area contributed by atoms with E-state index in [9.17, 15) is 0 Å². The number of halogens is 1. The third kappa shape index (κ3) is 2.06. The molecule has 80 valence electrons. The van der Waals surface area contributed by atoms with Gasteiger partial charge in [-0.3, -0.25) is 0 Å². The molecule has 0 aromatic carbocycles. The number of hydrogen-bond donors (Lipinski definition) is 0. The predicted octanol–water partition coefficient (Wildman–Crippen LogP) is 3.42. The highest BCUT2D eigenvalue weighted by Gasteiger charge is 2.20. The Balaban J connectivity index is 2.50. The van der Waals surface area contributed by atoms with E-state index in [1.807, 2.05) is 16.1 Å². The fourth-order valence-electron chi connectivity index (χ4n) is 1.33. The Morgan fingerprint density at radius 2 is 2.13 bits per heavy atom. The van der Waals surface area contributed by atoms with Crippen molar-refractivity contribution in [2.45, 2.75) is 26.3 Å². The van der Waals surface area contributed by atoms with E-state index in [4.69, 9.17) is 11.6 Å². The van der Waals surface area contributed by atoms with E-state index in [0.717, 1.165) is 15.7 Å². The molecule has 0 bridgehead atoms. The zero-order chi connectivity index (χ0) is 11.1. The topological polar surface area (TPSA) is 30.7 Å². The molecule has 2 aromatic rings. The number of nitrogens with zero attached hydrogens (tertiary/aromatic N) is 3.